The van der Waals surface area contributed by atoms with Crippen molar-refractivity contribution in [1.29, 1.82) is 0 Å². The van der Waals surface area contributed by atoms with Crippen LogP contribution in [0.2, 0.25) is 0 Å². The fraction of sp³-hybridized carbons (Fsp3) is 0.417. The first-order valence-electron chi connectivity index (χ1n) is 10.9. The van der Waals surface area contributed by atoms with Gasteiger partial charge in [-0.1, -0.05) is 19.6 Å². The Kier molecular flexibility index (Phi) is 7.22. The van der Waals surface area contributed by atoms with E-state index >= 15 is 0 Å². The summed E-state index contributed by atoms with van der Waals surface area (Å²) in [5.74, 6) is -6.28. The summed E-state index contributed by atoms with van der Waals surface area (Å²) in [6.07, 6.45) is -6.22. The van der Waals surface area contributed by atoms with E-state index in [9.17, 15) is 31.5 Å². The number of benzene rings is 1. The lowest BCUT2D eigenvalue weighted by atomic mass is 9.76. The molecule has 12 heteroatoms. The first-order chi connectivity index (χ1) is 16.6. The van der Waals surface area contributed by atoms with E-state index in [4.69, 9.17) is 15.2 Å². The number of aromatic amines is 1. The zero-order valence-corrected chi connectivity index (χ0v) is 20.0. The van der Waals surface area contributed by atoms with Crippen LogP contribution in [0.25, 0.3) is 0 Å². The van der Waals surface area contributed by atoms with Crippen LogP contribution >= 0.6 is 0 Å². The van der Waals surface area contributed by atoms with Crippen LogP contribution in [-0.2, 0) is 16.1 Å². The van der Waals surface area contributed by atoms with Crippen molar-refractivity contribution < 1.29 is 36.2 Å². The number of methoxy groups -OCH3 is 1. The summed E-state index contributed by atoms with van der Waals surface area (Å²) in [6, 6.07) is 3.00. The Morgan fingerprint density at radius 2 is 1.97 bits per heavy atom. The third-order valence-corrected chi connectivity index (χ3v) is 6.70. The molecule has 4 N–H and O–H groups in total. The van der Waals surface area contributed by atoms with Crippen molar-refractivity contribution in [2.75, 3.05) is 7.11 Å². The van der Waals surface area contributed by atoms with E-state index in [1.807, 2.05) is 0 Å². The molecular weight excluding hydrogens is 489 g/mol. The molecule has 7 nitrogen and oxygen atoms in total. The van der Waals surface area contributed by atoms with Gasteiger partial charge in [-0.15, -0.1) is 0 Å². The molecule has 196 valence electrons. The summed E-state index contributed by atoms with van der Waals surface area (Å²) in [7, 11) is 1.07. The molecule has 3 rings (SSSR count). The quantitative estimate of drug-likeness (QED) is 0.400. The van der Waals surface area contributed by atoms with Crippen LogP contribution in [0.3, 0.4) is 0 Å². The molecule has 0 saturated carbocycles. The highest BCUT2D eigenvalue weighted by Crippen LogP contribution is 2.59. The van der Waals surface area contributed by atoms with Crippen molar-refractivity contribution in [3.05, 3.63) is 74.8 Å². The highest BCUT2D eigenvalue weighted by Gasteiger charge is 2.65. The molecule has 1 aromatic heterocycles. The van der Waals surface area contributed by atoms with Gasteiger partial charge in [0.05, 0.1) is 12.8 Å². The third kappa shape index (κ3) is 4.57. The Hall–Kier alpha value is -3.41. The minimum atomic E-state index is -4.82. The molecule has 0 aliphatic carbocycles. The summed E-state index contributed by atoms with van der Waals surface area (Å²) in [5.41, 5.74) is 2.13. The number of halogens is 5. The number of rotatable bonds is 6. The predicted molar refractivity (Wildman–Crippen MR) is 120 cm³/mol. The molecule has 1 saturated heterocycles. The highest BCUT2D eigenvalue weighted by atomic mass is 19.4. The fourth-order valence-electron chi connectivity index (χ4n) is 4.48. The average molecular weight is 515 g/mol. The normalized spacial score (nSPS) is 24.0. The topological polar surface area (TPSA) is 106 Å². The largest absolute Gasteiger partial charge is 0.493 e. The Labute approximate surface area is 203 Å². The van der Waals surface area contributed by atoms with Gasteiger partial charge in [0, 0.05) is 47.0 Å². The van der Waals surface area contributed by atoms with Gasteiger partial charge in [0.15, 0.2) is 22.6 Å². The van der Waals surface area contributed by atoms with E-state index < -0.39 is 58.4 Å². The van der Waals surface area contributed by atoms with Crippen LogP contribution in [0.5, 0.6) is 5.75 Å². The number of aromatic nitrogens is 1. The van der Waals surface area contributed by atoms with E-state index in [1.165, 1.54) is 13.8 Å². The van der Waals surface area contributed by atoms with Crippen LogP contribution in [0.15, 0.2) is 35.3 Å². The van der Waals surface area contributed by atoms with Gasteiger partial charge in [0.25, 0.3) is 5.91 Å². The van der Waals surface area contributed by atoms with Gasteiger partial charge < -0.3 is 25.5 Å². The lowest BCUT2D eigenvalue weighted by molar-refractivity contribution is -0.275. The molecule has 2 heterocycles. The number of nitrogens with one attached hydrogen (secondary N) is 2. The van der Waals surface area contributed by atoms with Crippen molar-refractivity contribution in [1.82, 2.24) is 10.3 Å². The number of pyridine rings is 1. The van der Waals surface area contributed by atoms with Gasteiger partial charge in [-0.05, 0) is 19.9 Å². The second-order valence-electron chi connectivity index (χ2n) is 8.84. The van der Waals surface area contributed by atoms with Crippen molar-refractivity contribution >= 4 is 5.91 Å². The molecule has 4 atom stereocenters. The number of hydrogen-bond donors (Lipinski definition) is 3. The maximum absolute atomic E-state index is 14.5. The van der Waals surface area contributed by atoms with E-state index in [0.29, 0.717) is 0 Å². The number of amides is 1. The number of ether oxygens (including phenoxy) is 2. The number of H-pyrrole nitrogens is 1. The Morgan fingerprint density at radius 1 is 1.33 bits per heavy atom. The molecule has 1 fully saturated rings. The van der Waals surface area contributed by atoms with Gasteiger partial charge in [0.1, 0.15) is 6.10 Å². The maximum atomic E-state index is 14.5. The van der Waals surface area contributed by atoms with Crippen molar-refractivity contribution in [3.8, 4) is 5.75 Å². The highest BCUT2D eigenvalue weighted by molar-refractivity contribution is 5.91. The molecule has 0 radical (unpaired) electrons. The minimum Gasteiger partial charge on any atom is -0.493 e. The van der Waals surface area contributed by atoms with Crippen LogP contribution in [0.1, 0.15) is 48.4 Å². The zero-order chi connectivity index (χ0) is 27.2. The van der Waals surface area contributed by atoms with E-state index in [2.05, 4.69) is 16.9 Å². The summed E-state index contributed by atoms with van der Waals surface area (Å²) >= 11 is 0. The molecular formula is C24H26F5N3O4. The molecule has 1 aliphatic heterocycles. The SMILES string of the molecule is C=C(N)C(=O)NCc1c(C)[nH]c([C@@H]2O[C@@](C)(C(F)(F)F)[C@@H](C)[C@H]2c2ccc(F)c(F)c2OC)cc1=O. The Balaban J connectivity index is 2.15. The molecule has 0 spiro atoms. The predicted octanol–water partition coefficient (Wildman–Crippen LogP) is 3.87. The first kappa shape index (κ1) is 27.2. The molecule has 2 aromatic rings. The number of alkyl halides is 3. The number of aryl methyl sites for hydroxylation is 1. The van der Waals surface area contributed by atoms with Gasteiger partial charge >= 0.3 is 6.18 Å². The van der Waals surface area contributed by atoms with E-state index in [0.717, 1.165) is 32.2 Å². The van der Waals surface area contributed by atoms with Crippen LogP contribution in [0.4, 0.5) is 22.0 Å². The second kappa shape index (κ2) is 9.57. The van der Waals surface area contributed by atoms with Gasteiger partial charge in [0.2, 0.25) is 5.82 Å². The van der Waals surface area contributed by atoms with E-state index in [-0.39, 0.29) is 34.8 Å². The molecule has 0 unspecified atom stereocenters. The zero-order valence-electron chi connectivity index (χ0n) is 20.0. The number of carbonyl (C=O) groups excluding carboxylic acids is 1. The standard InChI is InChI=1S/C24H26F5N3O4/c1-10-18(13-6-7-15(25)19(26)20(13)35-5)21(36-23(10,4)24(27,28)29)16-8-17(33)14(12(3)32-16)9-31-22(34)11(2)30/h6-8,10,18,21H,2,9,30H2,1,3-5H3,(H,31,34)(H,32,33)/t10-,18-,21-,23+/m0/s1. The smallest absolute Gasteiger partial charge is 0.417 e. The van der Waals surface area contributed by atoms with Crippen LogP contribution < -0.4 is 21.2 Å². The first-order valence-corrected chi connectivity index (χ1v) is 10.9. The van der Waals surface area contributed by atoms with Crippen molar-refractivity contribution in [2.24, 2.45) is 11.7 Å². The monoisotopic (exact) mass is 515 g/mol. The summed E-state index contributed by atoms with van der Waals surface area (Å²) < 4.78 is 81.4. The second-order valence-corrected chi connectivity index (χ2v) is 8.84. The van der Waals surface area contributed by atoms with Gasteiger partial charge in [-0.3, -0.25) is 9.59 Å². The van der Waals surface area contributed by atoms with Gasteiger partial charge in [-0.2, -0.15) is 17.6 Å². The molecule has 1 aromatic carbocycles. The summed E-state index contributed by atoms with van der Waals surface area (Å²) in [6.45, 7) is 6.73. The lowest BCUT2D eigenvalue weighted by Crippen LogP contribution is -2.46. The lowest BCUT2D eigenvalue weighted by Gasteiger charge is -2.32. The fourth-order valence-corrected chi connectivity index (χ4v) is 4.48. The number of nitrogens with two attached hydrogens (primary N) is 1. The number of carbonyl (C=O) groups is 1. The summed E-state index contributed by atoms with van der Waals surface area (Å²) in [4.78, 5) is 27.4. The third-order valence-electron chi connectivity index (χ3n) is 6.70. The molecule has 36 heavy (non-hydrogen) atoms. The Morgan fingerprint density at radius 3 is 2.50 bits per heavy atom. The average Bonchev–Trinajstić information content (AvgIpc) is 3.06. The van der Waals surface area contributed by atoms with Crippen molar-refractivity contribution in [2.45, 2.75) is 51.1 Å². The molecule has 0 bridgehead atoms. The Bertz CT molecular complexity index is 1260. The van der Waals surface area contributed by atoms with Crippen LogP contribution in [0, 0.1) is 24.5 Å². The van der Waals surface area contributed by atoms with Gasteiger partial charge in [-0.25, -0.2) is 4.39 Å². The summed E-state index contributed by atoms with van der Waals surface area (Å²) in [5, 5.41) is 2.41. The van der Waals surface area contributed by atoms with Crippen molar-refractivity contribution in [3.63, 3.8) is 0 Å². The van der Waals surface area contributed by atoms with Crippen LogP contribution in [-0.4, -0.2) is 29.8 Å². The minimum absolute atomic E-state index is 0.00702. The van der Waals surface area contributed by atoms with E-state index in [1.54, 1.807) is 0 Å². The maximum Gasteiger partial charge on any atom is 0.417 e. The molecule has 1 aliphatic rings. The molecule has 1 amide bonds. The number of hydrogen-bond acceptors (Lipinski definition) is 5.